The third-order valence-corrected chi connectivity index (χ3v) is 4.36. The number of benzene rings is 1. The molecule has 0 bridgehead atoms. The summed E-state index contributed by atoms with van der Waals surface area (Å²) in [6, 6.07) is 6.45. The number of rotatable bonds is 4. The van der Waals surface area contributed by atoms with Crippen LogP contribution < -0.4 is 10.2 Å². The van der Waals surface area contributed by atoms with Crippen molar-refractivity contribution in [3.8, 4) is 5.75 Å². The van der Waals surface area contributed by atoms with Crippen LogP contribution in [-0.4, -0.2) is 41.3 Å². The molecule has 1 fully saturated rings. The lowest BCUT2D eigenvalue weighted by molar-refractivity contribution is 0.0954. The normalized spacial score (nSPS) is 23.6. The summed E-state index contributed by atoms with van der Waals surface area (Å²) in [6.07, 6.45) is 3.67. The number of hydrogen-bond donors (Lipinski definition) is 2. The second-order valence-electron chi connectivity index (χ2n) is 5.74. The van der Waals surface area contributed by atoms with Gasteiger partial charge in [-0.3, -0.25) is 4.90 Å². The lowest BCUT2D eigenvalue weighted by Gasteiger charge is -2.39. The number of likely N-dealkylation sites (tertiary alicyclic amines) is 1. The molecule has 0 amide bonds. The first-order valence-electron chi connectivity index (χ1n) is 7.31. The molecule has 5 heteroatoms. The van der Waals surface area contributed by atoms with Crippen molar-refractivity contribution in [2.45, 2.75) is 51.7 Å². The highest BCUT2D eigenvalue weighted by Crippen LogP contribution is 2.25. The Morgan fingerprint density at radius 1 is 1.25 bits per heavy atom. The van der Waals surface area contributed by atoms with Gasteiger partial charge < -0.3 is 14.8 Å². The van der Waals surface area contributed by atoms with E-state index in [0.717, 1.165) is 17.9 Å². The summed E-state index contributed by atoms with van der Waals surface area (Å²) in [4.78, 5) is 2.43. The van der Waals surface area contributed by atoms with Crippen molar-refractivity contribution in [2.75, 3.05) is 7.11 Å². The van der Waals surface area contributed by atoms with Gasteiger partial charge in [0.1, 0.15) is 5.75 Å². The summed E-state index contributed by atoms with van der Waals surface area (Å²) < 4.78 is 5.25. The summed E-state index contributed by atoms with van der Waals surface area (Å²) in [5, 5.41) is 19.1. The molecule has 1 saturated heterocycles. The number of methoxy groups -OCH3 is 1. The van der Waals surface area contributed by atoms with Crippen LogP contribution in [0.15, 0.2) is 18.2 Å². The van der Waals surface area contributed by atoms with Crippen molar-refractivity contribution in [1.82, 2.24) is 4.90 Å². The Morgan fingerprint density at radius 2 is 1.90 bits per heavy atom. The average molecular weight is 277 g/mol. The lowest BCUT2D eigenvalue weighted by atomic mass is 9.76. The first-order chi connectivity index (χ1) is 9.52. The van der Waals surface area contributed by atoms with Gasteiger partial charge >= 0.3 is 7.12 Å². The molecular formula is C15H24BNO3. The van der Waals surface area contributed by atoms with E-state index in [1.54, 1.807) is 19.2 Å². The molecule has 0 saturated carbocycles. The summed E-state index contributed by atoms with van der Waals surface area (Å²) in [7, 11) is 0.187. The minimum Gasteiger partial charge on any atom is -0.497 e. The van der Waals surface area contributed by atoms with Gasteiger partial charge in [-0.25, -0.2) is 0 Å². The first-order valence-corrected chi connectivity index (χ1v) is 7.31. The van der Waals surface area contributed by atoms with Crippen molar-refractivity contribution in [3.63, 3.8) is 0 Å². The summed E-state index contributed by atoms with van der Waals surface area (Å²) in [5.41, 5.74) is 1.50. The third-order valence-electron chi connectivity index (χ3n) is 4.36. The van der Waals surface area contributed by atoms with Crippen LogP contribution in [0.2, 0.25) is 0 Å². The summed E-state index contributed by atoms with van der Waals surface area (Å²) >= 11 is 0. The molecule has 110 valence electrons. The van der Waals surface area contributed by atoms with Crippen LogP contribution >= 0.6 is 0 Å². The second-order valence-corrected chi connectivity index (χ2v) is 5.74. The highest BCUT2D eigenvalue weighted by Gasteiger charge is 2.26. The van der Waals surface area contributed by atoms with Crippen LogP contribution in [0.1, 0.15) is 38.7 Å². The van der Waals surface area contributed by atoms with Crippen molar-refractivity contribution in [2.24, 2.45) is 0 Å². The molecule has 1 aromatic carbocycles. The molecule has 0 unspecified atom stereocenters. The standard InChI is InChI=1S/C15H24BNO3/c1-11-5-4-6-12(2)17(11)10-13-9-14(20-3)7-8-15(13)16(18)19/h7-9,11-12,18-19H,4-6,10H2,1-3H3/t11-,12+. The van der Waals surface area contributed by atoms with E-state index in [4.69, 9.17) is 4.74 Å². The molecule has 0 radical (unpaired) electrons. The van der Waals surface area contributed by atoms with E-state index in [2.05, 4.69) is 18.7 Å². The predicted octanol–water partition coefficient (Wildman–Crippen LogP) is 1.14. The number of hydrogen-bond acceptors (Lipinski definition) is 4. The first kappa shape index (κ1) is 15.4. The summed E-state index contributed by atoms with van der Waals surface area (Å²) in [5.74, 6) is 0.752. The fourth-order valence-corrected chi connectivity index (χ4v) is 3.08. The van der Waals surface area contributed by atoms with Gasteiger partial charge in [-0.1, -0.05) is 12.5 Å². The van der Waals surface area contributed by atoms with Crippen molar-refractivity contribution in [3.05, 3.63) is 23.8 Å². The van der Waals surface area contributed by atoms with E-state index in [-0.39, 0.29) is 0 Å². The summed E-state index contributed by atoms with van der Waals surface area (Å²) in [6.45, 7) is 5.21. The Morgan fingerprint density at radius 3 is 2.45 bits per heavy atom. The van der Waals surface area contributed by atoms with Crippen molar-refractivity contribution in [1.29, 1.82) is 0 Å². The van der Waals surface area contributed by atoms with E-state index in [1.165, 1.54) is 19.3 Å². The zero-order chi connectivity index (χ0) is 14.7. The maximum atomic E-state index is 9.53. The molecule has 2 rings (SSSR count). The van der Waals surface area contributed by atoms with Gasteiger partial charge in [0.2, 0.25) is 0 Å². The van der Waals surface area contributed by atoms with E-state index in [1.807, 2.05) is 6.07 Å². The van der Waals surface area contributed by atoms with Gasteiger partial charge in [0.15, 0.2) is 0 Å². The predicted molar refractivity (Wildman–Crippen MR) is 81.1 cm³/mol. The molecule has 0 spiro atoms. The van der Waals surface area contributed by atoms with Crippen LogP contribution in [0, 0.1) is 0 Å². The van der Waals surface area contributed by atoms with E-state index in [0.29, 0.717) is 17.5 Å². The monoisotopic (exact) mass is 277 g/mol. The smallest absolute Gasteiger partial charge is 0.488 e. The Hall–Kier alpha value is -1.04. The van der Waals surface area contributed by atoms with E-state index >= 15 is 0 Å². The van der Waals surface area contributed by atoms with Gasteiger partial charge in [-0.15, -0.1) is 0 Å². The molecule has 0 aliphatic carbocycles. The lowest BCUT2D eigenvalue weighted by Crippen LogP contribution is -2.45. The Balaban J connectivity index is 2.26. The average Bonchev–Trinajstić information content (AvgIpc) is 2.42. The molecule has 4 nitrogen and oxygen atoms in total. The maximum absolute atomic E-state index is 9.53. The SMILES string of the molecule is COc1ccc(B(O)O)c(CN2[C@H](C)CCC[C@@H]2C)c1. The minimum atomic E-state index is -1.44. The fourth-order valence-electron chi connectivity index (χ4n) is 3.08. The molecule has 1 aromatic rings. The van der Waals surface area contributed by atoms with Gasteiger partial charge in [0.05, 0.1) is 7.11 Å². The van der Waals surface area contributed by atoms with Crippen molar-refractivity contribution >= 4 is 12.6 Å². The van der Waals surface area contributed by atoms with Gasteiger partial charge in [-0.05, 0) is 49.8 Å². The van der Waals surface area contributed by atoms with Crippen LogP contribution in [0.4, 0.5) is 0 Å². The fraction of sp³-hybridized carbons (Fsp3) is 0.600. The largest absolute Gasteiger partial charge is 0.497 e. The van der Waals surface area contributed by atoms with Gasteiger partial charge in [0, 0.05) is 18.6 Å². The minimum absolute atomic E-state index is 0.522. The highest BCUT2D eigenvalue weighted by atomic mass is 16.5. The molecule has 1 heterocycles. The van der Waals surface area contributed by atoms with Crippen LogP contribution in [-0.2, 0) is 6.54 Å². The topological polar surface area (TPSA) is 52.9 Å². The molecule has 1 aliphatic heterocycles. The Kier molecular flexibility index (Phi) is 5.08. The molecule has 0 aromatic heterocycles. The Bertz CT molecular complexity index is 443. The van der Waals surface area contributed by atoms with E-state index in [9.17, 15) is 10.0 Å². The third kappa shape index (κ3) is 3.34. The highest BCUT2D eigenvalue weighted by molar-refractivity contribution is 6.59. The number of ether oxygens (including phenoxy) is 1. The molecule has 1 aliphatic rings. The van der Waals surface area contributed by atoms with Gasteiger partial charge in [-0.2, -0.15) is 0 Å². The van der Waals surface area contributed by atoms with Crippen LogP contribution in [0.3, 0.4) is 0 Å². The van der Waals surface area contributed by atoms with E-state index < -0.39 is 7.12 Å². The molecule has 2 N–H and O–H groups in total. The Labute approximate surface area is 121 Å². The van der Waals surface area contributed by atoms with Crippen LogP contribution in [0.25, 0.3) is 0 Å². The zero-order valence-corrected chi connectivity index (χ0v) is 12.5. The number of piperidine rings is 1. The molecular weight excluding hydrogens is 253 g/mol. The molecule has 20 heavy (non-hydrogen) atoms. The van der Waals surface area contributed by atoms with Gasteiger partial charge in [0.25, 0.3) is 0 Å². The molecule has 2 atom stereocenters. The quantitative estimate of drug-likeness (QED) is 0.810. The zero-order valence-electron chi connectivity index (χ0n) is 12.5. The van der Waals surface area contributed by atoms with Crippen LogP contribution in [0.5, 0.6) is 5.75 Å². The maximum Gasteiger partial charge on any atom is 0.488 e. The van der Waals surface area contributed by atoms with Crippen molar-refractivity contribution < 1.29 is 14.8 Å². The number of nitrogens with zero attached hydrogens (tertiary/aromatic N) is 1. The second kappa shape index (κ2) is 6.61.